The molecule has 0 saturated heterocycles. The molecule has 2 rings (SSSR count). The summed E-state index contributed by atoms with van der Waals surface area (Å²) in [7, 11) is 0. The van der Waals surface area contributed by atoms with Crippen LogP contribution in [0.25, 0.3) is 0 Å². The number of ether oxygens (including phenoxy) is 4. The standard InChI is InChI=1S/C25H31NO8/c1-7-16(5)24(29)34-20-12-21(33-17(6)27)26-10-9-19(23(20)26)14-32-25(30)18(8-2)13-31-22(28)11-15(3)4/h7-11,20-21H,12-14H2,1-6H3. The van der Waals surface area contributed by atoms with Crippen molar-refractivity contribution in [2.24, 2.45) is 0 Å². The number of carbonyl (C=O) groups is 4. The molecular weight excluding hydrogens is 442 g/mol. The zero-order chi connectivity index (χ0) is 25.4. The van der Waals surface area contributed by atoms with Crippen molar-refractivity contribution >= 4 is 23.9 Å². The molecule has 2 atom stereocenters. The summed E-state index contributed by atoms with van der Waals surface area (Å²) in [5, 5.41) is 0. The molecule has 0 amide bonds. The van der Waals surface area contributed by atoms with Gasteiger partial charge in [0.1, 0.15) is 19.3 Å². The Bertz CT molecular complexity index is 1040. The lowest BCUT2D eigenvalue weighted by molar-refractivity contribution is -0.153. The van der Waals surface area contributed by atoms with Crippen molar-refractivity contribution in [3.05, 3.63) is 58.5 Å². The van der Waals surface area contributed by atoms with Gasteiger partial charge in [0.25, 0.3) is 0 Å². The van der Waals surface area contributed by atoms with Gasteiger partial charge < -0.3 is 23.5 Å². The zero-order valence-electron chi connectivity index (χ0n) is 20.4. The third-order valence-electron chi connectivity index (χ3n) is 5.13. The van der Waals surface area contributed by atoms with Crippen molar-refractivity contribution in [1.82, 2.24) is 4.57 Å². The van der Waals surface area contributed by atoms with Crippen LogP contribution in [0.5, 0.6) is 0 Å². The van der Waals surface area contributed by atoms with Crippen molar-refractivity contribution in [1.29, 1.82) is 0 Å². The normalized spacial score (nSPS) is 17.5. The molecule has 0 saturated carbocycles. The highest BCUT2D eigenvalue weighted by Crippen LogP contribution is 2.41. The monoisotopic (exact) mass is 473 g/mol. The van der Waals surface area contributed by atoms with Gasteiger partial charge in [-0.1, -0.05) is 17.7 Å². The Morgan fingerprint density at radius 3 is 2.29 bits per heavy atom. The molecule has 184 valence electrons. The fourth-order valence-electron chi connectivity index (χ4n) is 3.32. The molecule has 2 heterocycles. The third kappa shape index (κ3) is 6.94. The van der Waals surface area contributed by atoms with Gasteiger partial charge in [0.05, 0.1) is 11.3 Å². The molecule has 2 unspecified atom stereocenters. The summed E-state index contributed by atoms with van der Waals surface area (Å²) >= 11 is 0. The minimum atomic E-state index is -0.679. The molecule has 1 aromatic heterocycles. The number of fused-ring (bicyclic) bond motifs is 1. The van der Waals surface area contributed by atoms with Crippen LogP contribution in [0.3, 0.4) is 0 Å². The molecule has 1 aromatic rings. The van der Waals surface area contributed by atoms with E-state index in [4.69, 9.17) is 18.9 Å². The molecular formula is C25H31NO8. The van der Waals surface area contributed by atoms with E-state index < -0.39 is 36.2 Å². The van der Waals surface area contributed by atoms with Gasteiger partial charge in [0.2, 0.25) is 0 Å². The first kappa shape index (κ1) is 26.6. The third-order valence-corrected chi connectivity index (χ3v) is 5.13. The lowest BCUT2D eigenvalue weighted by Crippen LogP contribution is -2.16. The summed E-state index contributed by atoms with van der Waals surface area (Å²) in [4.78, 5) is 48.1. The van der Waals surface area contributed by atoms with Crippen molar-refractivity contribution in [2.45, 2.75) is 66.9 Å². The fraction of sp³-hybridized carbons (Fsp3) is 0.440. The predicted molar refractivity (Wildman–Crippen MR) is 122 cm³/mol. The Kier molecular flexibility index (Phi) is 9.41. The Morgan fingerprint density at radius 2 is 1.71 bits per heavy atom. The van der Waals surface area contributed by atoms with Crippen LogP contribution < -0.4 is 0 Å². The first-order chi connectivity index (χ1) is 16.1. The lowest BCUT2D eigenvalue weighted by Gasteiger charge is -2.15. The lowest BCUT2D eigenvalue weighted by atomic mass is 10.1. The van der Waals surface area contributed by atoms with E-state index in [1.165, 1.54) is 19.1 Å². The van der Waals surface area contributed by atoms with E-state index in [9.17, 15) is 19.2 Å². The van der Waals surface area contributed by atoms with Gasteiger partial charge in [0, 0.05) is 36.8 Å². The van der Waals surface area contributed by atoms with Gasteiger partial charge in [-0.25, -0.2) is 14.4 Å². The summed E-state index contributed by atoms with van der Waals surface area (Å²) in [6.07, 6.45) is 5.12. The molecule has 0 spiro atoms. The smallest absolute Gasteiger partial charge is 0.337 e. The van der Waals surface area contributed by atoms with Gasteiger partial charge in [-0.15, -0.1) is 0 Å². The van der Waals surface area contributed by atoms with Crippen LogP contribution in [-0.2, 0) is 44.7 Å². The molecule has 0 fully saturated rings. The summed E-state index contributed by atoms with van der Waals surface area (Å²) in [6, 6.07) is 1.71. The Labute approximate surface area is 199 Å². The van der Waals surface area contributed by atoms with E-state index in [0.717, 1.165) is 5.57 Å². The predicted octanol–water partition coefficient (Wildman–Crippen LogP) is 4.00. The number of nitrogens with zero attached hydrogens (tertiary/aromatic N) is 1. The van der Waals surface area contributed by atoms with E-state index in [-0.39, 0.29) is 25.2 Å². The molecule has 1 aliphatic heterocycles. The largest absolute Gasteiger partial charge is 0.457 e. The molecule has 0 aliphatic carbocycles. The second kappa shape index (κ2) is 12.0. The molecule has 0 radical (unpaired) electrons. The summed E-state index contributed by atoms with van der Waals surface area (Å²) in [5.41, 5.74) is 2.62. The van der Waals surface area contributed by atoms with E-state index in [1.807, 2.05) is 0 Å². The maximum atomic E-state index is 12.5. The van der Waals surface area contributed by atoms with E-state index >= 15 is 0 Å². The average Bonchev–Trinajstić information content (AvgIpc) is 3.32. The van der Waals surface area contributed by atoms with Crippen LogP contribution in [0.4, 0.5) is 0 Å². The molecule has 0 aromatic carbocycles. The van der Waals surface area contributed by atoms with Gasteiger partial charge >= 0.3 is 23.9 Å². The average molecular weight is 474 g/mol. The second-order valence-corrected chi connectivity index (χ2v) is 8.02. The molecule has 9 nitrogen and oxygen atoms in total. The highest BCUT2D eigenvalue weighted by Gasteiger charge is 2.37. The number of esters is 4. The quantitative estimate of drug-likeness (QED) is 0.301. The van der Waals surface area contributed by atoms with Gasteiger partial charge in [-0.05, 0) is 40.7 Å². The van der Waals surface area contributed by atoms with E-state index in [1.54, 1.807) is 57.5 Å². The molecule has 0 N–H and O–H groups in total. The van der Waals surface area contributed by atoms with Crippen molar-refractivity contribution in [3.63, 3.8) is 0 Å². The van der Waals surface area contributed by atoms with Gasteiger partial charge in [-0.3, -0.25) is 4.79 Å². The number of hydrogen-bond acceptors (Lipinski definition) is 8. The fourth-order valence-corrected chi connectivity index (χ4v) is 3.32. The SMILES string of the molecule is CC=C(C)C(=O)OC1CC(OC(C)=O)n2ccc(COC(=O)C(=CC)COC(=O)C=C(C)C)c21. The summed E-state index contributed by atoms with van der Waals surface area (Å²) in [5.74, 6) is -2.13. The second-order valence-electron chi connectivity index (χ2n) is 8.02. The molecule has 0 bridgehead atoms. The Hall–Kier alpha value is -3.62. The molecule has 9 heteroatoms. The number of allylic oxidation sites excluding steroid dienone is 3. The highest BCUT2D eigenvalue weighted by atomic mass is 16.6. The first-order valence-corrected chi connectivity index (χ1v) is 10.9. The van der Waals surface area contributed by atoms with Crippen LogP contribution in [0, 0.1) is 0 Å². The van der Waals surface area contributed by atoms with Crippen LogP contribution in [0.15, 0.2) is 47.2 Å². The maximum absolute atomic E-state index is 12.5. The minimum absolute atomic E-state index is 0.107. The highest BCUT2D eigenvalue weighted by molar-refractivity contribution is 5.90. The zero-order valence-corrected chi connectivity index (χ0v) is 20.4. The van der Waals surface area contributed by atoms with Crippen LogP contribution in [0.2, 0.25) is 0 Å². The minimum Gasteiger partial charge on any atom is -0.457 e. The Balaban J connectivity index is 2.14. The van der Waals surface area contributed by atoms with Gasteiger partial charge in [0.15, 0.2) is 6.23 Å². The number of aromatic nitrogens is 1. The topological polar surface area (TPSA) is 110 Å². The van der Waals surface area contributed by atoms with Crippen molar-refractivity contribution < 1.29 is 38.1 Å². The van der Waals surface area contributed by atoms with Crippen molar-refractivity contribution in [3.8, 4) is 0 Å². The number of hydrogen-bond donors (Lipinski definition) is 0. The first-order valence-electron chi connectivity index (χ1n) is 10.9. The Morgan fingerprint density at radius 1 is 1.00 bits per heavy atom. The molecule has 34 heavy (non-hydrogen) atoms. The van der Waals surface area contributed by atoms with Crippen LogP contribution in [-0.4, -0.2) is 35.1 Å². The maximum Gasteiger partial charge on any atom is 0.337 e. The van der Waals surface area contributed by atoms with E-state index in [2.05, 4.69) is 0 Å². The summed E-state index contributed by atoms with van der Waals surface area (Å²) < 4.78 is 23.2. The molecule has 1 aliphatic rings. The van der Waals surface area contributed by atoms with Gasteiger partial charge in [-0.2, -0.15) is 0 Å². The van der Waals surface area contributed by atoms with Crippen LogP contribution >= 0.6 is 0 Å². The number of carbonyl (C=O) groups excluding carboxylic acids is 4. The number of rotatable bonds is 9. The summed E-state index contributed by atoms with van der Waals surface area (Å²) in [6.45, 7) is 9.52. The van der Waals surface area contributed by atoms with Crippen molar-refractivity contribution in [2.75, 3.05) is 6.61 Å². The van der Waals surface area contributed by atoms with Crippen LogP contribution in [0.1, 0.15) is 71.6 Å². The van der Waals surface area contributed by atoms with E-state index in [0.29, 0.717) is 16.8 Å².